The van der Waals surface area contributed by atoms with Gasteiger partial charge in [-0.3, -0.25) is 4.40 Å². The van der Waals surface area contributed by atoms with E-state index in [1.165, 1.54) is 11.0 Å². The van der Waals surface area contributed by atoms with Crippen LogP contribution in [0.3, 0.4) is 0 Å². The van der Waals surface area contributed by atoms with E-state index < -0.39 is 0 Å². The molecule has 1 aliphatic rings. The Balaban J connectivity index is 1.19. The van der Waals surface area contributed by atoms with E-state index in [2.05, 4.69) is 57.0 Å². The normalized spacial score (nSPS) is 14.4. The average Bonchev–Trinajstić information content (AvgIpc) is 3.61. The maximum absolute atomic E-state index is 4.80. The molecule has 0 aromatic carbocycles. The molecule has 12 heteroatoms. The van der Waals surface area contributed by atoms with E-state index in [1.54, 1.807) is 6.20 Å². The highest BCUT2D eigenvalue weighted by Gasteiger charge is 2.25. The van der Waals surface area contributed by atoms with Crippen molar-refractivity contribution < 1.29 is 0 Å². The molecular weight excluding hydrogens is 456 g/mol. The first-order chi connectivity index (χ1) is 17.7. The Morgan fingerprint density at radius 2 is 1.86 bits per heavy atom. The quantitative estimate of drug-likeness (QED) is 0.386. The van der Waals surface area contributed by atoms with Crippen molar-refractivity contribution in [3.8, 4) is 5.82 Å². The van der Waals surface area contributed by atoms with Crippen LogP contribution in [0.5, 0.6) is 0 Å². The Kier molecular flexibility index (Phi) is 5.68. The molecule has 12 nitrogen and oxygen atoms in total. The van der Waals surface area contributed by atoms with Crippen molar-refractivity contribution in [2.45, 2.75) is 39.0 Å². The third-order valence-corrected chi connectivity index (χ3v) is 6.64. The maximum atomic E-state index is 4.80. The van der Waals surface area contributed by atoms with E-state index in [9.17, 15) is 0 Å². The predicted molar refractivity (Wildman–Crippen MR) is 134 cm³/mol. The second-order valence-electron chi connectivity index (χ2n) is 8.84. The number of hydrogen-bond acceptors (Lipinski definition) is 10. The third kappa shape index (κ3) is 4.10. The first-order valence-electron chi connectivity index (χ1n) is 12.1. The summed E-state index contributed by atoms with van der Waals surface area (Å²) in [6.45, 7) is 5.85. The van der Waals surface area contributed by atoms with Crippen molar-refractivity contribution in [3.05, 3.63) is 66.5 Å². The number of nitrogens with one attached hydrogen (secondary N) is 1. The molecule has 0 saturated carbocycles. The molecule has 36 heavy (non-hydrogen) atoms. The molecule has 5 aromatic heterocycles. The largest absolute Gasteiger partial charge is 0.341 e. The summed E-state index contributed by atoms with van der Waals surface area (Å²) < 4.78 is 3.66. The lowest BCUT2D eigenvalue weighted by Crippen LogP contribution is -2.34. The third-order valence-electron chi connectivity index (χ3n) is 6.64. The zero-order chi connectivity index (χ0) is 24.5. The molecule has 0 spiro atoms. The lowest BCUT2D eigenvalue weighted by Gasteiger charge is -2.31. The van der Waals surface area contributed by atoms with Crippen LogP contribution < -0.4 is 10.2 Å². The van der Waals surface area contributed by atoms with Crippen LogP contribution in [0, 0.1) is 6.92 Å². The Morgan fingerprint density at radius 1 is 1.03 bits per heavy atom. The van der Waals surface area contributed by atoms with Crippen molar-refractivity contribution >= 4 is 23.0 Å². The summed E-state index contributed by atoms with van der Waals surface area (Å²) in [4.78, 5) is 25.3. The molecule has 6 rings (SSSR count). The molecule has 1 saturated heterocycles. The first kappa shape index (κ1) is 22.0. The molecule has 1 aliphatic heterocycles. The SMILES string of the molecule is CCc1cnc(N2CCC(c3ncc4c(Nc5ccc(-n6cnnn6)nc5C)nccn34)CC2)nc1. The van der Waals surface area contributed by atoms with E-state index >= 15 is 0 Å². The van der Waals surface area contributed by atoms with E-state index in [0.29, 0.717) is 11.7 Å². The van der Waals surface area contributed by atoms with E-state index in [4.69, 9.17) is 4.98 Å². The van der Waals surface area contributed by atoms with Gasteiger partial charge in [-0.05, 0) is 54.3 Å². The van der Waals surface area contributed by atoms with Gasteiger partial charge in [0.1, 0.15) is 17.7 Å². The summed E-state index contributed by atoms with van der Waals surface area (Å²) in [5, 5.41) is 14.7. The van der Waals surface area contributed by atoms with Crippen LogP contribution in [0.25, 0.3) is 11.3 Å². The van der Waals surface area contributed by atoms with Gasteiger partial charge >= 0.3 is 0 Å². The molecule has 182 valence electrons. The van der Waals surface area contributed by atoms with Crippen LogP contribution in [0.4, 0.5) is 17.5 Å². The number of fused-ring (bicyclic) bond motifs is 1. The maximum Gasteiger partial charge on any atom is 0.225 e. The fourth-order valence-corrected chi connectivity index (χ4v) is 4.58. The number of imidazole rings is 1. The topological polar surface area (TPSA) is 128 Å². The minimum Gasteiger partial charge on any atom is -0.341 e. The molecule has 0 atom stereocenters. The summed E-state index contributed by atoms with van der Waals surface area (Å²) in [6.07, 6.45) is 14.0. The van der Waals surface area contributed by atoms with Gasteiger partial charge < -0.3 is 10.2 Å². The van der Waals surface area contributed by atoms with Gasteiger partial charge in [-0.15, -0.1) is 5.10 Å². The summed E-state index contributed by atoms with van der Waals surface area (Å²) in [7, 11) is 0. The van der Waals surface area contributed by atoms with Gasteiger partial charge in [0.2, 0.25) is 5.95 Å². The average molecular weight is 483 g/mol. The molecule has 1 N–H and O–H groups in total. The summed E-state index contributed by atoms with van der Waals surface area (Å²) in [5.74, 6) is 3.61. The lowest BCUT2D eigenvalue weighted by atomic mass is 9.96. The van der Waals surface area contributed by atoms with E-state index in [-0.39, 0.29) is 0 Å². The van der Waals surface area contributed by atoms with Gasteiger partial charge in [0.15, 0.2) is 11.6 Å². The minimum atomic E-state index is 0.355. The molecule has 0 radical (unpaired) electrons. The van der Waals surface area contributed by atoms with Crippen LogP contribution in [0.15, 0.2) is 49.4 Å². The van der Waals surface area contributed by atoms with Crippen LogP contribution >= 0.6 is 0 Å². The van der Waals surface area contributed by atoms with Crippen LogP contribution in [0.1, 0.15) is 42.8 Å². The molecule has 0 aliphatic carbocycles. The fourth-order valence-electron chi connectivity index (χ4n) is 4.58. The van der Waals surface area contributed by atoms with Gasteiger partial charge in [-0.1, -0.05) is 6.92 Å². The second kappa shape index (κ2) is 9.29. The number of tetrazole rings is 1. The van der Waals surface area contributed by atoms with Crippen molar-refractivity contribution in [1.82, 2.24) is 49.5 Å². The molecule has 0 unspecified atom stereocenters. The highest BCUT2D eigenvalue weighted by Crippen LogP contribution is 2.31. The zero-order valence-electron chi connectivity index (χ0n) is 20.2. The summed E-state index contributed by atoms with van der Waals surface area (Å²) in [6, 6.07) is 3.81. The van der Waals surface area contributed by atoms with Gasteiger partial charge in [-0.25, -0.2) is 24.9 Å². The molecule has 5 aromatic rings. The predicted octanol–water partition coefficient (Wildman–Crippen LogP) is 2.89. The van der Waals surface area contributed by atoms with Gasteiger partial charge in [0.25, 0.3) is 0 Å². The second-order valence-corrected chi connectivity index (χ2v) is 8.84. The summed E-state index contributed by atoms with van der Waals surface area (Å²) >= 11 is 0. The van der Waals surface area contributed by atoms with Crippen LogP contribution in [-0.2, 0) is 6.42 Å². The number of hydrogen-bond donors (Lipinski definition) is 1. The first-order valence-corrected chi connectivity index (χ1v) is 12.1. The Labute approximate surface area is 207 Å². The van der Waals surface area contributed by atoms with Crippen LogP contribution in [0.2, 0.25) is 0 Å². The fraction of sp³-hybridized carbons (Fsp3) is 0.333. The number of aromatic nitrogens is 10. The molecule has 1 fully saturated rings. The van der Waals surface area contributed by atoms with Crippen molar-refractivity contribution in [1.29, 1.82) is 0 Å². The molecule has 0 bridgehead atoms. The number of pyridine rings is 1. The van der Waals surface area contributed by atoms with Gasteiger partial charge in [0.05, 0.1) is 17.6 Å². The smallest absolute Gasteiger partial charge is 0.225 e. The Bertz CT molecular complexity index is 1470. The number of piperidine rings is 1. The summed E-state index contributed by atoms with van der Waals surface area (Å²) in [5.41, 5.74) is 3.76. The zero-order valence-corrected chi connectivity index (χ0v) is 20.2. The Morgan fingerprint density at radius 3 is 2.58 bits per heavy atom. The molecule has 6 heterocycles. The standard InChI is InChI=1S/C24H26N12/c1-3-17-12-27-24(28-13-17)34-9-6-18(7-10-34)23-26-14-20-22(25-8-11-35(20)23)31-19-4-5-21(30-16(19)2)36-15-29-32-33-36/h4-5,8,11-15,18H,3,6-7,9-10H2,1-2H3,(H,25,31). The molecular formula is C24H26N12. The van der Waals surface area contributed by atoms with Gasteiger partial charge in [-0.2, -0.15) is 4.68 Å². The minimum absolute atomic E-state index is 0.355. The van der Waals surface area contributed by atoms with Crippen molar-refractivity contribution in [3.63, 3.8) is 0 Å². The van der Waals surface area contributed by atoms with Gasteiger partial charge in [0, 0.05) is 43.8 Å². The monoisotopic (exact) mass is 482 g/mol. The number of anilines is 3. The van der Waals surface area contributed by atoms with Crippen molar-refractivity contribution in [2.75, 3.05) is 23.3 Å². The van der Waals surface area contributed by atoms with Crippen LogP contribution in [-0.4, -0.2) is 62.6 Å². The lowest BCUT2D eigenvalue weighted by molar-refractivity contribution is 0.479. The number of nitrogens with zero attached hydrogens (tertiary/aromatic N) is 11. The van der Waals surface area contributed by atoms with E-state index in [1.807, 2.05) is 43.8 Å². The highest BCUT2D eigenvalue weighted by atomic mass is 15.5. The number of rotatable bonds is 6. The van der Waals surface area contributed by atoms with Crippen molar-refractivity contribution in [2.24, 2.45) is 0 Å². The number of aryl methyl sites for hydroxylation is 2. The highest BCUT2D eigenvalue weighted by molar-refractivity contribution is 5.74. The van der Waals surface area contributed by atoms with E-state index in [0.717, 1.165) is 72.4 Å². The Hall–Kier alpha value is -4.48. The molecule has 0 amide bonds.